The third-order valence-corrected chi connectivity index (χ3v) is 4.55. The topological polar surface area (TPSA) is 55.4 Å². The molecule has 5 nitrogen and oxygen atoms in total. The van der Waals surface area contributed by atoms with Gasteiger partial charge in [-0.15, -0.1) is 11.3 Å². The summed E-state index contributed by atoms with van der Waals surface area (Å²) in [6.45, 7) is 9.64. The minimum atomic E-state index is 0.761. The van der Waals surface area contributed by atoms with Crippen molar-refractivity contribution in [2.45, 2.75) is 40.8 Å². The van der Waals surface area contributed by atoms with Crippen LogP contribution in [-0.2, 0) is 13.1 Å². The predicted molar refractivity (Wildman–Crippen MR) is 79.1 cm³/mol. The lowest BCUT2D eigenvalue weighted by Crippen LogP contribution is -2.16. The minimum Gasteiger partial charge on any atom is -0.361 e. The summed E-state index contributed by atoms with van der Waals surface area (Å²) in [5, 5.41) is 9.58. The number of nitrogens with one attached hydrogen (secondary N) is 1. The number of imidazole rings is 1. The molecule has 0 aliphatic carbocycles. The van der Waals surface area contributed by atoms with Gasteiger partial charge in [-0.3, -0.25) is 4.40 Å². The molecule has 0 bridgehead atoms. The maximum absolute atomic E-state index is 5.18. The van der Waals surface area contributed by atoms with Crippen LogP contribution in [0.4, 0.5) is 0 Å². The first-order chi connectivity index (χ1) is 9.58. The van der Waals surface area contributed by atoms with Crippen LogP contribution in [0.15, 0.2) is 9.90 Å². The van der Waals surface area contributed by atoms with Crippen LogP contribution >= 0.6 is 11.3 Å². The molecule has 3 heterocycles. The SMILES string of the molecule is Cc1noc(C)c1CNCc1c(C)nc2scc(C)n12. The van der Waals surface area contributed by atoms with E-state index in [0.717, 1.165) is 40.8 Å². The van der Waals surface area contributed by atoms with Gasteiger partial charge in [0.1, 0.15) is 5.76 Å². The van der Waals surface area contributed by atoms with E-state index >= 15 is 0 Å². The lowest BCUT2D eigenvalue weighted by Gasteiger charge is -2.06. The first-order valence-corrected chi connectivity index (χ1v) is 7.50. The van der Waals surface area contributed by atoms with E-state index in [1.807, 2.05) is 13.8 Å². The lowest BCUT2D eigenvalue weighted by atomic mass is 10.2. The van der Waals surface area contributed by atoms with Crippen LogP contribution in [0.5, 0.6) is 0 Å². The summed E-state index contributed by atoms with van der Waals surface area (Å²) >= 11 is 1.68. The number of fused-ring (bicyclic) bond motifs is 1. The van der Waals surface area contributed by atoms with Gasteiger partial charge < -0.3 is 9.84 Å². The van der Waals surface area contributed by atoms with Crippen molar-refractivity contribution in [3.63, 3.8) is 0 Å². The molecule has 0 aliphatic heterocycles. The third kappa shape index (κ3) is 2.14. The molecule has 0 aromatic carbocycles. The van der Waals surface area contributed by atoms with E-state index in [9.17, 15) is 0 Å². The highest BCUT2D eigenvalue weighted by atomic mass is 32.1. The first-order valence-electron chi connectivity index (χ1n) is 6.62. The Morgan fingerprint density at radius 1 is 1.20 bits per heavy atom. The maximum Gasteiger partial charge on any atom is 0.194 e. The molecule has 6 heteroatoms. The van der Waals surface area contributed by atoms with Crippen LogP contribution in [-0.4, -0.2) is 14.5 Å². The first kappa shape index (κ1) is 13.3. The standard InChI is InChI=1S/C14H18N4OS/c1-8-7-20-14-16-10(3)13(18(8)14)6-15-5-12-9(2)17-19-11(12)4/h7,15H,5-6H2,1-4H3. The number of nitrogens with zero attached hydrogens (tertiary/aromatic N) is 3. The van der Waals surface area contributed by atoms with Gasteiger partial charge in [0.15, 0.2) is 4.96 Å². The number of thiazole rings is 1. The van der Waals surface area contributed by atoms with Gasteiger partial charge in [-0.2, -0.15) is 0 Å². The molecular weight excluding hydrogens is 272 g/mol. The van der Waals surface area contributed by atoms with Gasteiger partial charge in [0.05, 0.1) is 17.1 Å². The number of aryl methyl sites for hydroxylation is 4. The van der Waals surface area contributed by atoms with Crippen molar-refractivity contribution in [3.05, 3.63) is 39.5 Å². The van der Waals surface area contributed by atoms with Crippen LogP contribution in [0.2, 0.25) is 0 Å². The van der Waals surface area contributed by atoms with Crippen LogP contribution < -0.4 is 5.32 Å². The van der Waals surface area contributed by atoms with Gasteiger partial charge >= 0.3 is 0 Å². The molecule has 0 atom stereocenters. The molecule has 0 spiro atoms. The van der Waals surface area contributed by atoms with Crippen LogP contribution in [0.3, 0.4) is 0 Å². The van der Waals surface area contributed by atoms with E-state index in [1.54, 1.807) is 11.3 Å². The van der Waals surface area contributed by atoms with Crippen molar-refractivity contribution in [1.82, 2.24) is 19.9 Å². The molecule has 3 aromatic heterocycles. The third-order valence-electron chi connectivity index (χ3n) is 3.61. The second-order valence-electron chi connectivity index (χ2n) is 5.05. The molecule has 20 heavy (non-hydrogen) atoms. The fourth-order valence-corrected chi connectivity index (χ4v) is 3.37. The minimum absolute atomic E-state index is 0.761. The molecule has 3 rings (SSSR count). The normalized spacial score (nSPS) is 11.6. The van der Waals surface area contributed by atoms with Crippen molar-refractivity contribution >= 4 is 16.3 Å². The smallest absolute Gasteiger partial charge is 0.194 e. The Balaban J connectivity index is 1.77. The average Bonchev–Trinajstić information content (AvgIpc) is 3.02. The van der Waals surface area contributed by atoms with Crippen molar-refractivity contribution in [2.24, 2.45) is 0 Å². The monoisotopic (exact) mass is 290 g/mol. The van der Waals surface area contributed by atoms with Crippen molar-refractivity contribution in [3.8, 4) is 0 Å². The fourth-order valence-electron chi connectivity index (χ4n) is 2.44. The Kier molecular flexibility index (Phi) is 3.35. The fraction of sp³-hybridized carbons (Fsp3) is 0.429. The van der Waals surface area contributed by atoms with Crippen LogP contribution in [0.25, 0.3) is 4.96 Å². The Labute approximate surface area is 121 Å². The van der Waals surface area contributed by atoms with E-state index in [0.29, 0.717) is 0 Å². The average molecular weight is 290 g/mol. The Bertz CT molecular complexity index is 733. The second kappa shape index (κ2) is 5.03. The van der Waals surface area contributed by atoms with Crippen molar-refractivity contribution in [2.75, 3.05) is 0 Å². The summed E-state index contributed by atoms with van der Waals surface area (Å²) in [4.78, 5) is 5.66. The lowest BCUT2D eigenvalue weighted by molar-refractivity contribution is 0.392. The molecule has 106 valence electrons. The van der Waals surface area contributed by atoms with Crippen LogP contribution in [0, 0.1) is 27.7 Å². The highest BCUT2D eigenvalue weighted by Crippen LogP contribution is 2.20. The summed E-state index contributed by atoms with van der Waals surface area (Å²) in [5.41, 5.74) is 5.65. The van der Waals surface area contributed by atoms with Gasteiger partial charge in [0.25, 0.3) is 0 Å². The van der Waals surface area contributed by atoms with Crippen molar-refractivity contribution in [1.29, 1.82) is 0 Å². The Hall–Kier alpha value is -1.66. The van der Waals surface area contributed by atoms with E-state index in [4.69, 9.17) is 4.52 Å². The molecule has 1 N–H and O–H groups in total. The zero-order valence-electron chi connectivity index (χ0n) is 12.1. The molecule has 0 aliphatic rings. The molecule has 0 saturated carbocycles. The van der Waals surface area contributed by atoms with Gasteiger partial charge in [-0.05, 0) is 27.7 Å². The van der Waals surface area contributed by atoms with Gasteiger partial charge in [0.2, 0.25) is 0 Å². The maximum atomic E-state index is 5.18. The van der Waals surface area contributed by atoms with Gasteiger partial charge in [0, 0.05) is 29.7 Å². The number of hydrogen-bond acceptors (Lipinski definition) is 5. The summed E-state index contributed by atoms with van der Waals surface area (Å²) in [7, 11) is 0. The van der Waals surface area contributed by atoms with E-state index in [1.165, 1.54) is 11.4 Å². The zero-order chi connectivity index (χ0) is 14.3. The van der Waals surface area contributed by atoms with E-state index < -0.39 is 0 Å². The predicted octanol–water partition coefficient (Wildman–Crippen LogP) is 2.91. The molecule has 0 fully saturated rings. The molecule has 0 radical (unpaired) electrons. The second-order valence-corrected chi connectivity index (χ2v) is 5.88. The summed E-state index contributed by atoms with van der Waals surface area (Å²) in [6.07, 6.45) is 0. The molecule has 0 amide bonds. The summed E-state index contributed by atoms with van der Waals surface area (Å²) < 4.78 is 7.40. The van der Waals surface area contributed by atoms with E-state index in [2.05, 4.69) is 39.1 Å². The number of aromatic nitrogens is 3. The van der Waals surface area contributed by atoms with Gasteiger partial charge in [-0.25, -0.2) is 4.98 Å². The molecule has 0 unspecified atom stereocenters. The van der Waals surface area contributed by atoms with E-state index in [-0.39, 0.29) is 0 Å². The van der Waals surface area contributed by atoms with Crippen LogP contribution in [0.1, 0.15) is 34.1 Å². The molecular formula is C14H18N4OS. The quantitative estimate of drug-likeness (QED) is 0.802. The van der Waals surface area contributed by atoms with Gasteiger partial charge in [-0.1, -0.05) is 5.16 Å². The summed E-state index contributed by atoms with van der Waals surface area (Å²) in [6, 6.07) is 0. The highest BCUT2D eigenvalue weighted by molar-refractivity contribution is 7.15. The Morgan fingerprint density at radius 2 is 2.00 bits per heavy atom. The Morgan fingerprint density at radius 3 is 2.70 bits per heavy atom. The molecule has 0 saturated heterocycles. The zero-order valence-corrected chi connectivity index (χ0v) is 13.0. The van der Waals surface area contributed by atoms with Crippen molar-refractivity contribution < 1.29 is 4.52 Å². The summed E-state index contributed by atoms with van der Waals surface area (Å²) in [5.74, 6) is 0.886. The number of rotatable bonds is 4. The molecule has 3 aromatic rings. The highest BCUT2D eigenvalue weighted by Gasteiger charge is 2.13. The largest absolute Gasteiger partial charge is 0.361 e. The number of hydrogen-bond donors (Lipinski definition) is 1.